The van der Waals surface area contributed by atoms with Crippen molar-refractivity contribution in [3.8, 4) is 0 Å². The van der Waals surface area contributed by atoms with Crippen molar-refractivity contribution < 1.29 is 19.1 Å². The van der Waals surface area contributed by atoms with Crippen molar-refractivity contribution in [1.82, 2.24) is 0 Å². The number of nitrogens with one attached hydrogen (secondary N) is 1. The second-order valence-corrected chi connectivity index (χ2v) is 4.43. The van der Waals surface area contributed by atoms with E-state index in [0.29, 0.717) is 17.7 Å². The molecular formula is C15H15NO4. The third kappa shape index (κ3) is 3.26. The standard InChI is InChI=1S/C15H15NO4/c1-10-4-2-6-12(14(10)15(18)19)16-13(17)8-7-11-5-3-9-20-11/h2-6,9H,7-8H2,1H3,(H,16,17)(H,18,19). The highest BCUT2D eigenvalue weighted by molar-refractivity contribution is 6.01. The summed E-state index contributed by atoms with van der Waals surface area (Å²) < 4.78 is 5.14. The maximum absolute atomic E-state index is 11.8. The summed E-state index contributed by atoms with van der Waals surface area (Å²) in [6.07, 6.45) is 2.27. The van der Waals surface area contributed by atoms with Crippen LogP contribution in [0.2, 0.25) is 0 Å². The fourth-order valence-electron chi connectivity index (χ4n) is 1.96. The second-order valence-electron chi connectivity index (χ2n) is 4.43. The van der Waals surface area contributed by atoms with E-state index >= 15 is 0 Å². The number of carbonyl (C=O) groups excluding carboxylic acids is 1. The average molecular weight is 273 g/mol. The van der Waals surface area contributed by atoms with Crippen molar-refractivity contribution in [2.24, 2.45) is 0 Å². The Labute approximate surface area is 116 Å². The minimum Gasteiger partial charge on any atom is -0.478 e. The summed E-state index contributed by atoms with van der Waals surface area (Å²) in [5, 5.41) is 11.8. The highest BCUT2D eigenvalue weighted by atomic mass is 16.4. The van der Waals surface area contributed by atoms with E-state index < -0.39 is 5.97 Å². The minimum absolute atomic E-state index is 0.124. The second kappa shape index (κ2) is 6.06. The SMILES string of the molecule is Cc1cccc(NC(=O)CCc2ccco2)c1C(=O)O. The van der Waals surface area contributed by atoms with E-state index in [1.807, 2.05) is 0 Å². The van der Waals surface area contributed by atoms with Crippen LogP contribution in [-0.2, 0) is 11.2 Å². The lowest BCUT2D eigenvalue weighted by molar-refractivity contribution is -0.116. The number of benzene rings is 1. The zero-order chi connectivity index (χ0) is 14.5. The highest BCUT2D eigenvalue weighted by Crippen LogP contribution is 2.20. The molecule has 0 aliphatic rings. The Morgan fingerprint density at radius 2 is 2.05 bits per heavy atom. The molecule has 2 N–H and O–H groups in total. The number of rotatable bonds is 5. The fraction of sp³-hybridized carbons (Fsp3) is 0.200. The Morgan fingerprint density at radius 1 is 1.25 bits per heavy atom. The Bertz CT molecular complexity index is 617. The van der Waals surface area contributed by atoms with E-state index in [9.17, 15) is 14.7 Å². The number of furan rings is 1. The summed E-state index contributed by atoms with van der Waals surface area (Å²) >= 11 is 0. The molecule has 5 heteroatoms. The number of anilines is 1. The number of aryl methyl sites for hydroxylation is 2. The van der Waals surface area contributed by atoms with Gasteiger partial charge in [0.2, 0.25) is 5.91 Å². The van der Waals surface area contributed by atoms with Crippen molar-refractivity contribution in [2.45, 2.75) is 19.8 Å². The Kier molecular flexibility index (Phi) is 4.20. The first kappa shape index (κ1) is 13.9. The molecule has 20 heavy (non-hydrogen) atoms. The van der Waals surface area contributed by atoms with Gasteiger partial charge in [-0.15, -0.1) is 0 Å². The van der Waals surface area contributed by atoms with Crippen molar-refractivity contribution >= 4 is 17.6 Å². The molecule has 0 unspecified atom stereocenters. The van der Waals surface area contributed by atoms with Crippen LogP contribution in [0.4, 0.5) is 5.69 Å². The fourth-order valence-corrected chi connectivity index (χ4v) is 1.96. The first-order chi connectivity index (χ1) is 9.58. The van der Waals surface area contributed by atoms with Gasteiger partial charge in [-0.3, -0.25) is 4.79 Å². The molecule has 1 amide bonds. The predicted octanol–water partition coefficient (Wildman–Crippen LogP) is 2.86. The molecule has 5 nitrogen and oxygen atoms in total. The van der Waals surface area contributed by atoms with Crippen molar-refractivity contribution in [3.05, 3.63) is 53.5 Å². The van der Waals surface area contributed by atoms with Crippen LogP contribution in [0.3, 0.4) is 0 Å². The molecule has 0 aliphatic heterocycles. The largest absolute Gasteiger partial charge is 0.478 e. The van der Waals surface area contributed by atoms with E-state index in [0.717, 1.165) is 5.76 Å². The van der Waals surface area contributed by atoms with Gasteiger partial charge in [0.05, 0.1) is 17.5 Å². The van der Waals surface area contributed by atoms with Crippen LogP contribution in [0, 0.1) is 6.92 Å². The van der Waals surface area contributed by atoms with Crippen LogP contribution in [0.5, 0.6) is 0 Å². The third-order valence-corrected chi connectivity index (χ3v) is 2.94. The summed E-state index contributed by atoms with van der Waals surface area (Å²) in [5.74, 6) is -0.568. The Balaban J connectivity index is 2.04. The summed E-state index contributed by atoms with van der Waals surface area (Å²) in [4.78, 5) is 23.1. The zero-order valence-corrected chi connectivity index (χ0v) is 11.1. The number of carboxylic acids is 1. The molecule has 0 spiro atoms. The molecular weight excluding hydrogens is 258 g/mol. The Hall–Kier alpha value is -2.56. The zero-order valence-electron chi connectivity index (χ0n) is 11.1. The van der Waals surface area contributed by atoms with Crippen LogP contribution in [0.25, 0.3) is 0 Å². The summed E-state index contributed by atoms with van der Waals surface area (Å²) in [5.41, 5.74) is 1.06. The molecule has 1 heterocycles. The molecule has 0 atom stereocenters. The van der Waals surface area contributed by atoms with Gasteiger partial charge in [-0.25, -0.2) is 4.79 Å². The molecule has 0 saturated heterocycles. The van der Waals surface area contributed by atoms with Crippen LogP contribution < -0.4 is 5.32 Å². The van der Waals surface area contributed by atoms with E-state index in [1.54, 1.807) is 43.5 Å². The first-order valence-electron chi connectivity index (χ1n) is 6.23. The molecule has 0 aliphatic carbocycles. The molecule has 0 bridgehead atoms. The number of hydrogen-bond donors (Lipinski definition) is 2. The minimum atomic E-state index is -1.05. The highest BCUT2D eigenvalue weighted by Gasteiger charge is 2.14. The summed E-state index contributed by atoms with van der Waals surface area (Å²) in [7, 11) is 0. The number of hydrogen-bond acceptors (Lipinski definition) is 3. The Morgan fingerprint density at radius 3 is 2.70 bits per heavy atom. The third-order valence-electron chi connectivity index (χ3n) is 2.94. The molecule has 0 radical (unpaired) electrons. The van der Waals surface area contributed by atoms with Crippen LogP contribution in [0.1, 0.15) is 28.1 Å². The van der Waals surface area contributed by atoms with Crippen molar-refractivity contribution in [3.63, 3.8) is 0 Å². The van der Waals surface area contributed by atoms with Gasteiger partial charge in [-0.1, -0.05) is 12.1 Å². The lowest BCUT2D eigenvalue weighted by Crippen LogP contribution is -2.15. The molecule has 2 aromatic rings. The van der Waals surface area contributed by atoms with E-state index in [2.05, 4.69) is 5.32 Å². The number of carboxylic acid groups (broad SMARTS) is 1. The lowest BCUT2D eigenvalue weighted by Gasteiger charge is -2.10. The predicted molar refractivity (Wildman–Crippen MR) is 73.8 cm³/mol. The van der Waals surface area contributed by atoms with Gasteiger partial charge >= 0.3 is 5.97 Å². The van der Waals surface area contributed by atoms with Gasteiger partial charge in [0.15, 0.2) is 0 Å². The van der Waals surface area contributed by atoms with Gasteiger partial charge < -0.3 is 14.8 Å². The molecule has 0 saturated carbocycles. The monoisotopic (exact) mass is 273 g/mol. The number of aromatic carboxylic acids is 1. The quantitative estimate of drug-likeness (QED) is 0.877. The van der Waals surface area contributed by atoms with E-state index in [-0.39, 0.29) is 17.9 Å². The lowest BCUT2D eigenvalue weighted by atomic mass is 10.1. The van der Waals surface area contributed by atoms with Gasteiger partial charge in [-0.05, 0) is 30.7 Å². The normalized spacial score (nSPS) is 10.2. The maximum Gasteiger partial charge on any atom is 0.338 e. The first-order valence-corrected chi connectivity index (χ1v) is 6.23. The average Bonchev–Trinajstić information content (AvgIpc) is 2.89. The van der Waals surface area contributed by atoms with Gasteiger partial charge in [0, 0.05) is 12.8 Å². The topological polar surface area (TPSA) is 79.5 Å². The van der Waals surface area contributed by atoms with E-state index in [4.69, 9.17) is 4.42 Å². The maximum atomic E-state index is 11.8. The summed E-state index contributed by atoms with van der Waals surface area (Å²) in [6, 6.07) is 8.55. The smallest absolute Gasteiger partial charge is 0.338 e. The molecule has 1 aromatic heterocycles. The molecule has 0 fully saturated rings. The van der Waals surface area contributed by atoms with Gasteiger partial charge in [0.1, 0.15) is 5.76 Å². The molecule has 1 aromatic carbocycles. The van der Waals surface area contributed by atoms with Crippen molar-refractivity contribution in [1.29, 1.82) is 0 Å². The van der Waals surface area contributed by atoms with Crippen molar-refractivity contribution in [2.75, 3.05) is 5.32 Å². The van der Waals surface area contributed by atoms with Crippen LogP contribution in [-0.4, -0.2) is 17.0 Å². The number of amides is 1. The van der Waals surface area contributed by atoms with Crippen LogP contribution >= 0.6 is 0 Å². The van der Waals surface area contributed by atoms with E-state index in [1.165, 1.54) is 0 Å². The number of carbonyl (C=O) groups is 2. The van der Waals surface area contributed by atoms with Crippen LogP contribution in [0.15, 0.2) is 41.0 Å². The molecule has 104 valence electrons. The molecule has 2 rings (SSSR count). The summed E-state index contributed by atoms with van der Waals surface area (Å²) in [6.45, 7) is 1.70. The van der Waals surface area contributed by atoms with Gasteiger partial charge in [0.25, 0.3) is 0 Å². The van der Waals surface area contributed by atoms with Gasteiger partial charge in [-0.2, -0.15) is 0 Å².